The van der Waals surface area contributed by atoms with Crippen LogP contribution >= 0.6 is 11.3 Å². The molecule has 2 amide bonds. The number of rotatable bonds is 8. The Labute approximate surface area is 152 Å². The normalized spacial score (nSPS) is 10.7. The van der Waals surface area contributed by atoms with Crippen LogP contribution in [0, 0.1) is 0 Å². The molecule has 0 radical (unpaired) electrons. The molecule has 0 atom stereocenters. The molecule has 0 saturated heterocycles. The second kappa shape index (κ2) is 9.29. The van der Waals surface area contributed by atoms with Gasteiger partial charge in [0.05, 0.1) is 12.1 Å². The van der Waals surface area contributed by atoms with Crippen LogP contribution in [-0.4, -0.2) is 48.9 Å². The van der Waals surface area contributed by atoms with E-state index in [-0.39, 0.29) is 18.2 Å². The molecule has 0 fully saturated rings. The molecular formula is C18H24N4O2S. The maximum absolute atomic E-state index is 12.0. The molecule has 0 aliphatic rings. The molecule has 25 heavy (non-hydrogen) atoms. The van der Waals surface area contributed by atoms with Crippen molar-refractivity contribution in [1.82, 2.24) is 15.2 Å². The number of nitrogens with zero attached hydrogens (tertiary/aromatic N) is 2. The van der Waals surface area contributed by atoms with Crippen molar-refractivity contribution >= 4 is 28.8 Å². The molecule has 7 heteroatoms. The van der Waals surface area contributed by atoms with Crippen LogP contribution in [0.25, 0.3) is 10.6 Å². The summed E-state index contributed by atoms with van der Waals surface area (Å²) < 4.78 is 0. The zero-order valence-corrected chi connectivity index (χ0v) is 15.7. The Hall–Kier alpha value is -2.25. The van der Waals surface area contributed by atoms with Gasteiger partial charge in [-0.3, -0.25) is 9.59 Å². The molecule has 0 aliphatic heterocycles. The number of carbonyl (C=O) groups is 2. The highest BCUT2D eigenvalue weighted by atomic mass is 32.1. The number of carbonyl (C=O) groups excluding carboxylic acids is 2. The highest BCUT2D eigenvalue weighted by molar-refractivity contribution is 7.13. The van der Waals surface area contributed by atoms with Gasteiger partial charge in [-0.2, -0.15) is 0 Å². The van der Waals surface area contributed by atoms with Crippen LogP contribution in [0.4, 0.5) is 5.69 Å². The Morgan fingerprint density at radius 3 is 2.80 bits per heavy atom. The Bertz CT molecular complexity index is 727. The van der Waals surface area contributed by atoms with Crippen molar-refractivity contribution in [2.45, 2.75) is 19.8 Å². The third-order valence-corrected chi connectivity index (χ3v) is 4.37. The minimum atomic E-state index is -0.108. The molecule has 0 saturated carbocycles. The fourth-order valence-electron chi connectivity index (χ4n) is 2.30. The molecule has 0 unspecified atom stereocenters. The summed E-state index contributed by atoms with van der Waals surface area (Å²) in [6, 6.07) is 7.53. The summed E-state index contributed by atoms with van der Waals surface area (Å²) in [5, 5.41) is 8.42. The molecule has 2 rings (SSSR count). The van der Waals surface area contributed by atoms with Gasteiger partial charge in [0.25, 0.3) is 0 Å². The number of thiazole rings is 1. The van der Waals surface area contributed by atoms with E-state index in [1.807, 2.05) is 43.7 Å². The van der Waals surface area contributed by atoms with Crippen molar-refractivity contribution in [2.75, 3.05) is 32.5 Å². The number of nitrogens with one attached hydrogen (secondary N) is 2. The van der Waals surface area contributed by atoms with E-state index in [2.05, 4.69) is 20.5 Å². The summed E-state index contributed by atoms with van der Waals surface area (Å²) in [7, 11) is 4.03. The van der Waals surface area contributed by atoms with Gasteiger partial charge in [-0.15, -0.1) is 11.3 Å². The van der Waals surface area contributed by atoms with Crippen molar-refractivity contribution in [3.63, 3.8) is 0 Å². The smallest absolute Gasteiger partial charge is 0.226 e. The average molecular weight is 360 g/mol. The van der Waals surface area contributed by atoms with E-state index in [1.165, 1.54) is 18.3 Å². The molecule has 1 heterocycles. The summed E-state index contributed by atoms with van der Waals surface area (Å²) in [4.78, 5) is 29.8. The van der Waals surface area contributed by atoms with Crippen molar-refractivity contribution < 1.29 is 9.59 Å². The first-order valence-corrected chi connectivity index (χ1v) is 9.06. The second-order valence-electron chi connectivity index (χ2n) is 6.09. The van der Waals surface area contributed by atoms with Gasteiger partial charge in [0.15, 0.2) is 0 Å². The zero-order chi connectivity index (χ0) is 18.2. The maximum Gasteiger partial charge on any atom is 0.226 e. The van der Waals surface area contributed by atoms with E-state index >= 15 is 0 Å². The van der Waals surface area contributed by atoms with Gasteiger partial charge in [0.1, 0.15) is 5.01 Å². The monoisotopic (exact) mass is 360 g/mol. The van der Waals surface area contributed by atoms with Gasteiger partial charge in [-0.1, -0.05) is 12.1 Å². The lowest BCUT2D eigenvalue weighted by atomic mass is 10.2. The lowest BCUT2D eigenvalue weighted by Crippen LogP contribution is -2.28. The largest absolute Gasteiger partial charge is 0.356 e. The van der Waals surface area contributed by atoms with E-state index in [4.69, 9.17) is 0 Å². The summed E-state index contributed by atoms with van der Waals surface area (Å²) in [6.07, 6.45) is 1.21. The van der Waals surface area contributed by atoms with Crippen LogP contribution in [-0.2, 0) is 16.0 Å². The minimum absolute atomic E-state index is 0.0115. The van der Waals surface area contributed by atoms with Gasteiger partial charge in [-0.05, 0) is 39.2 Å². The first kappa shape index (κ1) is 19.1. The maximum atomic E-state index is 12.0. The first-order valence-electron chi connectivity index (χ1n) is 8.18. The fraction of sp³-hybridized carbons (Fsp3) is 0.389. The number of amides is 2. The summed E-state index contributed by atoms with van der Waals surface area (Å²) >= 11 is 1.49. The fourth-order valence-corrected chi connectivity index (χ4v) is 3.12. The third kappa shape index (κ3) is 6.64. The number of hydrogen-bond acceptors (Lipinski definition) is 5. The van der Waals surface area contributed by atoms with Crippen LogP contribution < -0.4 is 10.6 Å². The van der Waals surface area contributed by atoms with Gasteiger partial charge < -0.3 is 15.5 Å². The van der Waals surface area contributed by atoms with E-state index in [0.717, 1.165) is 34.9 Å². The van der Waals surface area contributed by atoms with Crippen molar-refractivity contribution in [1.29, 1.82) is 0 Å². The van der Waals surface area contributed by atoms with Crippen molar-refractivity contribution in [3.8, 4) is 10.6 Å². The van der Waals surface area contributed by atoms with E-state index in [1.54, 1.807) is 0 Å². The van der Waals surface area contributed by atoms with E-state index in [9.17, 15) is 9.59 Å². The molecule has 2 aromatic rings. The molecular weight excluding hydrogens is 336 g/mol. The van der Waals surface area contributed by atoms with Gasteiger partial charge in [-0.25, -0.2) is 4.98 Å². The molecule has 0 bridgehead atoms. The third-order valence-electron chi connectivity index (χ3n) is 3.43. The Kier molecular flexibility index (Phi) is 7.09. The van der Waals surface area contributed by atoms with E-state index < -0.39 is 0 Å². The molecule has 2 N–H and O–H groups in total. The highest BCUT2D eigenvalue weighted by Crippen LogP contribution is 2.26. The number of benzene rings is 1. The first-order chi connectivity index (χ1) is 11.9. The Balaban J connectivity index is 1.91. The molecule has 1 aromatic carbocycles. The van der Waals surface area contributed by atoms with Crippen LogP contribution in [0.2, 0.25) is 0 Å². The molecule has 134 valence electrons. The standard InChI is InChI=1S/C18H24N4O2S/c1-13(23)20-15-7-4-6-14(10-15)18-21-16(12-25-18)11-17(24)19-8-5-9-22(2)3/h4,6-7,10,12H,5,8-9,11H2,1-3H3,(H,19,24)(H,20,23). The Morgan fingerprint density at radius 2 is 2.08 bits per heavy atom. The van der Waals surface area contributed by atoms with Crippen LogP contribution in [0.3, 0.4) is 0 Å². The molecule has 6 nitrogen and oxygen atoms in total. The predicted molar refractivity (Wildman–Crippen MR) is 102 cm³/mol. The highest BCUT2D eigenvalue weighted by Gasteiger charge is 2.09. The quantitative estimate of drug-likeness (QED) is 0.709. The minimum Gasteiger partial charge on any atom is -0.356 e. The zero-order valence-electron chi connectivity index (χ0n) is 14.8. The second-order valence-corrected chi connectivity index (χ2v) is 6.95. The molecule has 0 spiro atoms. The number of hydrogen-bond donors (Lipinski definition) is 2. The van der Waals surface area contributed by atoms with Crippen LogP contribution in [0.1, 0.15) is 19.0 Å². The lowest BCUT2D eigenvalue weighted by Gasteiger charge is -2.09. The number of anilines is 1. The lowest BCUT2D eigenvalue weighted by molar-refractivity contribution is -0.120. The van der Waals surface area contributed by atoms with Gasteiger partial charge in [0, 0.05) is 30.1 Å². The topological polar surface area (TPSA) is 74.3 Å². The van der Waals surface area contributed by atoms with Crippen molar-refractivity contribution in [3.05, 3.63) is 35.3 Å². The van der Waals surface area contributed by atoms with Crippen LogP contribution in [0.15, 0.2) is 29.6 Å². The van der Waals surface area contributed by atoms with Gasteiger partial charge >= 0.3 is 0 Å². The van der Waals surface area contributed by atoms with Crippen molar-refractivity contribution in [2.24, 2.45) is 0 Å². The van der Waals surface area contributed by atoms with Gasteiger partial charge in [0.2, 0.25) is 11.8 Å². The summed E-state index contributed by atoms with van der Waals surface area (Å²) in [5.41, 5.74) is 2.42. The average Bonchev–Trinajstić information content (AvgIpc) is 2.99. The Morgan fingerprint density at radius 1 is 1.28 bits per heavy atom. The predicted octanol–water partition coefficient (Wildman–Crippen LogP) is 2.38. The van der Waals surface area contributed by atoms with Crippen LogP contribution in [0.5, 0.6) is 0 Å². The number of aromatic nitrogens is 1. The summed E-state index contributed by atoms with van der Waals surface area (Å²) in [6.45, 7) is 3.10. The SMILES string of the molecule is CC(=O)Nc1cccc(-c2nc(CC(=O)NCCCN(C)C)cs2)c1. The molecule has 1 aromatic heterocycles. The van der Waals surface area contributed by atoms with E-state index in [0.29, 0.717) is 6.54 Å². The molecule has 0 aliphatic carbocycles. The summed E-state index contributed by atoms with van der Waals surface area (Å²) in [5.74, 6) is -0.120.